The maximum absolute atomic E-state index is 12.0. The molecular formula is C16H26O6. The molecule has 6 heteroatoms. The summed E-state index contributed by atoms with van der Waals surface area (Å²) in [6.45, 7) is 5.98. The van der Waals surface area contributed by atoms with Crippen LogP contribution < -0.4 is 0 Å². The van der Waals surface area contributed by atoms with Gasteiger partial charge in [0.2, 0.25) is 0 Å². The van der Waals surface area contributed by atoms with Crippen molar-refractivity contribution in [3.05, 3.63) is 0 Å². The first-order valence-corrected chi connectivity index (χ1v) is 7.85. The molecule has 1 fully saturated rings. The standard InChI is InChI=1S/C16H26O6/c1-4-16(2,3)15(19)21-10-9-20-14(18)12-7-5-6-8-13(12)22-11-17/h11-13H,4-10H2,1-3H3. The Labute approximate surface area is 131 Å². The third kappa shape index (κ3) is 5.31. The smallest absolute Gasteiger partial charge is 0.312 e. The van der Waals surface area contributed by atoms with Gasteiger partial charge in [-0.2, -0.15) is 0 Å². The van der Waals surface area contributed by atoms with Crippen LogP contribution in [0.5, 0.6) is 0 Å². The molecule has 0 spiro atoms. The highest BCUT2D eigenvalue weighted by atomic mass is 16.6. The molecule has 0 aromatic carbocycles. The van der Waals surface area contributed by atoms with Crippen LogP contribution in [0.4, 0.5) is 0 Å². The second kappa shape index (κ2) is 8.76. The van der Waals surface area contributed by atoms with E-state index in [-0.39, 0.29) is 19.2 Å². The molecule has 6 nitrogen and oxygen atoms in total. The van der Waals surface area contributed by atoms with Crippen molar-refractivity contribution in [2.45, 2.75) is 59.0 Å². The van der Waals surface area contributed by atoms with Crippen LogP contribution in [0.3, 0.4) is 0 Å². The molecule has 1 rings (SSSR count). The van der Waals surface area contributed by atoms with E-state index in [1.165, 1.54) is 0 Å². The monoisotopic (exact) mass is 314 g/mol. The summed E-state index contributed by atoms with van der Waals surface area (Å²) in [5.74, 6) is -1.11. The van der Waals surface area contributed by atoms with E-state index in [1.54, 1.807) is 0 Å². The van der Waals surface area contributed by atoms with Gasteiger partial charge in [-0.25, -0.2) is 0 Å². The number of carbonyl (C=O) groups excluding carboxylic acids is 3. The van der Waals surface area contributed by atoms with Crippen LogP contribution in [0.15, 0.2) is 0 Å². The van der Waals surface area contributed by atoms with Gasteiger partial charge in [-0.3, -0.25) is 14.4 Å². The SMILES string of the molecule is CCC(C)(C)C(=O)OCCOC(=O)C1CCCCC1OC=O. The van der Waals surface area contributed by atoms with Gasteiger partial charge in [-0.15, -0.1) is 0 Å². The Morgan fingerprint density at radius 1 is 1.14 bits per heavy atom. The topological polar surface area (TPSA) is 78.9 Å². The molecule has 0 aromatic rings. The zero-order valence-corrected chi connectivity index (χ0v) is 13.6. The Morgan fingerprint density at radius 3 is 2.41 bits per heavy atom. The van der Waals surface area contributed by atoms with E-state index in [2.05, 4.69) is 0 Å². The van der Waals surface area contributed by atoms with Crippen molar-refractivity contribution >= 4 is 18.4 Å². The van der Waals surface area contributed by atoms with Gasteiger partial charge < -0.3 is 14.2 Å². The third-order valence-corrected chi connectivity index (χ3v) is 4.23. The molecule has 0 aliphatic heterocycles. The fourth-order valence-electron chi connectivity index (χ4n) is 2.32. The van der Waals surface area contributed by atoms with E-state index in [1.807, 2.05) is 20.8 Å². The average Bonchev–Trinajstić information content (AvgIpc) is 2.51. The van der Waals surface area contributed by atoms with Crippen LogP contribution in [0.1, 0.15) is 52.9 Å². The van der Waals surface area contributed by atoms with Gasteiger partial charge in [-0.1, -0.05) is 13.3 Å². The summed E-state index contributed by atoms with van der Waals surface area (Å²) in [7, 11) is 0. The number of hydrogen-bond acceptors (Lipinski definition) is 6. The van der Waals surface area contributed by atoms with E-state index in [0.29, 0.717) is 25.7 Å². The van der Waals surface area contributed by atoms with E-state index in [9.17, 15) is 14.4 Å². The van der Waals surface area contributed by atoms with E-state index in [4.69, 9.17) is 14.2 Å². The van der Waals surface area contributed by atoms with Crippen LogP contribution in [0.2, 0.25) is 0 Å². The van der Waals surface area contributed by atoms with Crippen molar-refractivity contribution in [1.82, 2.24) is 0 Å². The second-order valence-electron chi connectivity index (χ2n) is 6.20. The molecule has 0 N–H and O–H groups in total. The Kier molecular flexibility index (Phi) is 7.35. The molecule has 2 unspecified atom stereocenters. The molecular weight excluding hydrogens is 288 g/mol. The normalized spacial score (nSPS) is 21.8. The lowest BCUT2D eigenvalue weighted by Crippen LogP contribution is -2.35. The van der Waals surface area contributed by atoms with Crippen molar-refractivity contribution in [2.24, 2.45) is 11.3 Å². The van der Waals surface area contributed by atoms with Crippen molar-refractivity contribution in [3.63, 3.8) is 0 Å². The molecule has 126 valence electrons. The largest absolute Gasteiger partial charge is 0.464 e. The quantitative estimate of drug-likeness (QED) is 0.296. The maximum atomic E-state index is 12.0. The van der Waals surface area contributed by atoms with Crippen molar-refractivity contribution < 1.29 is 28.6 Å². The summed E-state index contributed by atoms with van der Waals surface area (Å²) in [5, 5.41) is 0. The van der Waals surface area contributed by atoms with E-state index >= 15 is 0 Å². The highest BCUT2D eigenvalue weighted by Gasteiger charge is 2.33. The number of ether oxygens (including phenoxy) is 3. The van der Waals surface area contributed by atoms with Crippen molar-refractivity contribution in [2.75, 3.05) is 13.2 Å². The van der Waals surface area contributed by atoms with Crippen molar-refractivity contribution in [1.29, 1.82) is 0 Å². The molecule has 0 aromatic heterocycles. The van der Waals surface area contributed by atoms with Crippen LogP contribution in [0.25, 0.3) is 0 Å². The predicted octanol–water partition coefficient (Wildman–Crippen LogP) is 2.24. The van der Waals surface area contributed by atoms with Crippen LogP contribution in [0, 0.1) is 11.3 Å². The van der Waals surface area contributed by atoms with Gasteiger partial charge in [0.25, 0.3) is 6.47 Å². The van der Waals surface area contributed by atoms with Gasteiger partial charge in [0.1, 0.15) is 19.3 Å². The maximum Gasteiger partial charge on any atom is 0.312 e. The van der Waals surface area contributed by atoms with E-state index < -0.39 is 23.4 Å². The Balaban J connectivity index is 2.33. The van der Waals surface area contributed by atoms with Gasteiger partial charge in [0.05, 0.1) is 11.3 Å². The predicted molar refractivity (Wildman–Crippen MR) is 78.9 cm³/mol. The molecule has 1 aliphatic carbocycles. The summed E-state index contributed by atoms with van der Waals surface area (Å²) >= 11 is 0. The van der Waals surface area contributed by atoms with Gasteiger partial charge in [0.15, 0.2) is 0 Å². The summed E-state index contributed by atoms with van der Waals surface area (Å²) in [5.41, 5.74) is -0.531. The Hall–Kier alpha value is -1.59. The molecule has 0 radical (unpaired) electrons. The molecule has 0 saturated heterocycles. The third-order valence-electron chi connectivity index (χ3n) is 4.23. The molecule has 0 bridgehead atoms. The first-order valence-electron chi connectivity index (χ1n) is 7.85. The van der Waals surface area contributed by atoms with Gasteiger partial charge >= 0.3 is 11.9 Å². The lowest BCUT2D eigenvalue weighted by molar-refractivity contribution is -0.165. The molecule has 1 saturated carbocycles. The Morgan fingerprint density at radius 2 is 1.77 bits per heavy atom. The zero-order chi connectivity index (χ0) is 16.6. The lowest BCUT2D eigenvalue weighted by atomic mass is 9.86. The molecule has 22 heavy (non-hydrogen) atoms. The van der Waals surface area contributed by atoms with Crippen LogP contribution in [-0.4, -0.2) is 37.7 Å². The average molecular weight is 314 g/mol. The lowest BCUT2D eigenvalue weighted by Gasteiger charge is -2.28. The second-order valence-corrected chi connectivity index (χ2v) is 6.20. The van der Waals surface area contributed by atoms with Gasteiger partial charge in [-0.05, 0) is 39.5 Å². The fourth-order valence-corrected chi connectivity index (χ4v) is 2.32. The minimum atomic E-state index is -0.531. The number of esters is 2. The molecule has 0 amide bonds. The van der Waals surface area contributed by atoms with E-state index in [0.717, 1.165) is 12.8 Å². The van der Waals surface area contributed by atoms with Crippen LogP contribution in [-0.2, 0) is 28.6 Å². The molecule has 2 atom stereocenters. The highest BCUT2D eigenvalue weighted by Crippen LogP contribution is 2.27. The number of carbonyl (C=O) groups is 3. The van der Waals surface area contributed by atoms with Crippen molar-refractivity contribution in [3.8, 4) is 0 Å². The summed E-state index contributed by atoms with van der Waals surface area (Å²) in [4.78, 5) is 34.2. The summed E-state index contributed by atoms with van der Waals surface area (Å²) in [6, 6.07) is 0. The molecule has 1 aliphatic rings. The number of hydrogen-bond donors (Lipinski definition) is 0. The fraction of sp³-hybridized carbons (Fsp3) is 0.812. The summed E-state index contributed by atoms with van der Waals surface area (Å²) < 4.78 is 15.2. The molecule has 0 heterocycles. The highest BCUT2D eigenvalue weighted by molar-refractivity contribution is 5.76. The van der Waals surface area contributed by atoms with Crippen LogP contribution >= 0.6 is 0 Å². The number of rotatable bonds is 8. The Bertz CT molecular complexity index is 390. The zero-order valence-electron chi connectivity index (χ0n) is 13.6. The first kappa shape index (κ1) is 18.5. The summed E-state index contributed by atoms with van der Waals surface area (Å²) in [6.07, 6.45) is 3.46. The van der Waals surface area contributed by atoms with Gasteiger partial charge in [0, 0.05) is 0 Å². The minimum Gasteiger partial charge on any atom is -0.464 e. The first-order chi connectivity index (χ1) is 10.4. The minimum absolute atomic E-state index is 0.0225.